The molecule has 2 aromatic rings. The van der Waals surface area contributed by atoms with Crippen LogP contribution in [0.1, 0.15) is 5.56 Å². The molecule has 18 heavy (non-hydrogen) atoms. The number of carbonyl (C=O) groups excluding carboxylic acids is 1. The van der Waals surface area contributed by atoms with E-state index in [-0.39, 0.29) is 5.91 Å². The van der Waals surface area contributed by atoms with Gasteiger partial charge < -0.3 is 11.1 Å². The van der Waals surface area contributed by atoms with Crippen LogP contribution in [0.4, 0.5) is 11.4 Å². The summed E-state index contributed by atoms with van der Waals surface area (Å²) in [6.07, 6.45) is 0. The number of hydrogen-bond donors (Lipinski definition) is 2. The highest BCUT2D eigenvalue weighted by Gasteiger charge is 2.07. The number of anilines is 2. The molecule has 1 amide bonds. The van der Waals surface area contributed by atoms with Gasteiger partial charge >= 0.3 is 0 Å². The topological polar surface area (TPSA) is 80.9 Å². The number of nitrogens with zero attached hydrogens (tertiary/aromatic N) is 2. The average molecular weight is 280 g/mol. The number of benzene rings is 1. The van der Waals surface area contributed by atoms with Gasteiger partial charge in [-0.2, -0.15) is 0 Å². The quantitative estimate of drug-likeness (QED) is 0.662. The van der Waals surface area contributed by atoms with Crippen LogP contribution in [0.25, 0.3) is 0 Å². The lowest BCUT2D eigenvalue weighted by molar-refractivity contribution is -0.113. The molecule has 0 aliphatic rings. The maximum atomic E-state index is 11.7. The van der Waals surface area contributed by atoms with Crippen molar-refractivity contribution in [3.05, 3.63) is 29.3 Å². The summed E-state index contributed by atoms with van der Waals surface area (Å²) in [6.45, 7) is 1.95. The first-order valence-corrected chi connectivity index (χ1v) is 7.06. The number of aryl methyl sites for hydroxylation is 1. The predicted octanol–water partition coefficient (Wildman–Crippen LogP) is 2.16. The van der Waals surface area contributed by atoms with Gasteiger partial charge in [0.15, 0.2) is 4.34 Å². The third-order valence-corrected chi connectivity index (χ3v) is 4.01. The van der Waals surface area contributed by atoms with Gasteiger partial charge in [0.05, 0.1) is 17.1 Å². The number of nitrogens with two attached hydrogens (primary N) is 1. The molecule has 0 bridgehead atoms. The van der Waals surface area contributed by atoms with Crippen molar-refractivity contribution >= 4 is 40.4 Å². The molecule has 1 aromatic heterocycles. The molecule has 0 spiro atoms. The highest BCUT2D eigenvalue weighted by atomic mass is 32.2. The Kier molecular flexibility index (Phi) is 4.16. The first-order valence-electron chi connectivity index (χ1n) is 5.20. The van der Waals surface area contributed by atoms with Crippen LogP contribution in [0.3, 0.4) is 0 Å². The van der Waals surface area contributed by atoms with Crippen LogP contribution in [0.2, 0.25) is 0 Å². The molecule has 0 saturated heterocycles. The van der Waals surface area contributed by atoms with E-state index in [4.69, 9.17) is 5.73 Å². The van der Waals surface area contributed by atoms with Crippen LogP contribution in [0.15, 0.2) is 28.0 Å². The molecule has 1 heterocycles. The van der Waals surface area contributed by atoms with E-state index < -0.39 is 0 Å². The normalized spacial score (nSPS) is 10.3. The number of amides is 1. The van der Waals surface area contributed by atoms with Gasteiger partial charge in [0.1, 0.15) is 5.51 Å². The van der Waals surface area contributed by atoms with Crippen LogP contribution >= 0.6 is 23.1 Å². The Morgan fingerprint density at radius 1 is 1.56 bits per heavy atom. The Bertz CT molecular complexity index is 542. The Labute approximate surface area is 113 Å². The number of rotatable bonds is 4. The molecule has 5 nitrogen and oxygen atoms in total. The summed E-state index contributed by atoms with van der Waals surface area (Å²) in [5.74, 6) is 0.188. The molecular formula is C11H12N4OS2. The predicted molar refractivity (Wildman–Crippen MR) is 74.9 cm³/mol. The van der Waals surface area contributed by atoms with Crippen LogP contribution in [0, 0.1) is 6.92 Å². The van der Waals surface area contributed by atoms with Crippen molar-refractivity contribution in [3.63, 3.8) is 0 Å². The van der Waals surface area contributed by atoms with E-state index in [1.807, 2.05) is 19.1 Å². The maximum Gasteiger partial charge on any atom is 0.234 e. The van der Waals surface area contributed by atoms with E-state index in [1.54, 1.807) is 11.6 Å². The number of nitrogen functional groups attached to an aromatic ring is 1. The van der Waals surface area contributed by atoms with Gasteiger partial charge in [-0.3, -0.25) is 4.79 Å². The molecule has 94 valence electrons. The summed E-state index contributed by atoms with van der Waals surface area (Å²) in [7, 11) is 0. The van der Waals surface area contributed by atoms with Crippen LogP contribution < -0.4 is 11.1 Å². The van der Waals surface area contributed by atoms with Crippen LogP contribution in [0.5, 0.6) is 0 Å². The fraction of sp³-hybridized carbons (Fsp3) is 0.182. The third kappa shape index (κ3) is 3.44. The van der Waals surface area contributed by atoms with Gasteiger partial charge in [-0.25, -0.2) is 0 Å². The second kappa shape index (κ2) is 5.83. The van der Waals surface area contributed by atoms with Crippen molar-refractivity contribution < 1.29 is 4.79 Å². The van der Waals surface area contributed by atoms with Gasteiger partial charge in [-0.1, -0.05) is 29.2 Å². The Hall–Kier alpha value is -1.60. The van der Waals surface area contributed by atoms with E-state index in [9.17, 15) is 4.79 Å². The number of aromatic nitrogens is 2. The summed E-state index contributed by atoms with van der Waals surface area (Å²) in [4.78, 5) is 11.7. The van der Waals surface area contributed by atoms with Crippen LogP contribution in [-0.4, -0.2) is 21.9 Å². The lowest BCUT2D eigenvalue weighted by Crippen LogP contribution is -2.15. The fourth-order valence-electron chi connectivity index (χ4n) is 1.34. The van der Waals surface area contributed by atoms with E-state index in [1.165, 1.54) is 23.1 Å². The second-order valence-corrected chi connectivity index (χ2v) is 5.69. The Morgan fingerprint density at radius 3 is 3.06 bits per heavy atom. The van der Waals surface area contributed by atoms with Crippen molar-refractivity contribution in [1.29, 1.82) is 0 Å². The average Bonchev–Trinajstić information content (AvgIpc) is 2.83. The largest absolute Gasteiger partial charge is 0.397 e. The standard InChI is InChI=1S/C11H12N4OS2/c1-7-2-3-9(8(12)4-7)14-10(16)5-17-11-15-13-6-18-11/h2-4,6H,5,12H2,1H3,(H,14,16). The zero-order valence-corrected chi connectivity index (χ0v) is 11.3. The van der Waals surface area contributed by atoms with Gasteiger partial charge in [-0.05, 0) is 24.6 Å². The third-order valence-electron chi connectivity index (χ3n) is 2.15. The van der Waals surface area contributed by atoms with E-state index in [2.05, 4.69) is 15.5 Å². The molecule has 0 fully saturated rings. The number of thioether (sulfide) groups is 1. The highest BCUT2D eigenvalue weighted by molar-refractivity contribution is 8.01. The summed E-state index contributed by atoms with van der Waals surface area (Å²) < 4.78 is 0.780. The Morgan fingerprint density at radius 2 is 2.39 bits per heavy atom. The minimum Gasteiger partial charge on any atom is -0.397 e. The molecular weight excluding hydrogens is 268 g/mol. The smallest absolute Gasteiger partial charge is 0.234 e. The monoisotopic (exact) mass is 280 g/mol. The first kappa shape index (κ1) is 12.8. The molecule has 3 N–H and O–H groups in total. The molecule has 2 rings (SSSR count). The second-order valence-electron chi connectivity index (χ2n) is 3.63. The van der Waals surface area contributed by atoms with Crippen LogP contribution in [-0.2, 0) is 4.79 Å². The minimum atomic E-state index is -0.106. The Balaban J connectivity index is 1.91. The molecule has 1 aromatic carbocycles. The van der Waals surface area contributed by atoms with Crippen molar-refractivity contribution in [1.82, 2.24) is 10.2 Å². The van der Waals surface area contributed by atoms with Crippen molar-refractivity contribution in [2.24, 2.45) is 0 Å². The summed E-state index contributed by atoms with van der Waals surface area (Å²) in [5.41, 5.74) is 9.73. The first-order chi connectivity index (χ1) is 8.65. The van der Waals surface area contributed by atoms with E-state index >= 15 is 0 Å². The molecule has 0 atom stereocenters. The van der Waals surface area contributed by atoms with Crippen molar-refractivity contribution in [2.45, 2.75) is 11.3 Å². The molecule has 0 saturated carbocycles. The number of hydrogen-bond acceptors (Lipinski definition) is 6. The van der Waals surface area contributed by atoms with E-state index in [0.29, 0.717) is 17.1 Å². The zero-order chi connectivity index (χ0) is 13.0. The van der Waals surface area contributed by atoms with Gasteiger partial charge in [0.2, 0.25) is 5.91 Å². The van der Waals surface area contributed by atoms with Gasteiger partial charge in [0.25, 0.3) is 0 Å². The lowest BCUT2D eigenvalue weighted by Gasteiger charge is -2.08. The molecule has 0 radical (unpaired) electrons. The summed E-state index contributed by atoms with van der Waals surface area (Å²) in [5, 5.41) is 10.3. The van der Waals surface area contributed by atoms with Gasteiger partial charge in [-0.15, -0.1) is 10.2 Å². The van der Waals surface area contributed by atoms with Gasteiger partial charge in [0, 0.05) is 0 Å². The molecule has 0 aliphatic heterocycles. The number of carbonyl (C=O) groups is 1. The molecule has 0 aliphatic carbocycles. The van der Waals surface area contributed by atoms with Crippen molar-refractivity contribution in [3.8, 4) is 0 Å². The molecule has 0 unspecified atom stereocenters. The van der Waals surface area contributed by atoms with Crippen molar-refractivity contribution in [2.75, 3.05) is 16.8 Å². The maximum absolute atomic E-state index is 11.7. The summed E-state index contributed by atoms with van der Waals surface area (Å²) >= 11 is 2.77. The lowest BCUT2D eigenvalue weighted by atomic mass is 10.2. The highest BCUT2D eigenvalue weighted by Crippen LogP contribution is 2.22. The molecule has 7 heteroatoms. The number of nitrogens with one attached hydrogen (secondary N) is 1. The zero-order valence-electron chi connectivity index (χ0n) is 9.71. The summed E-state index contributed by atoms with van der Waals surface area (Å²) in [6, 6.07) is 5.54. The fourth-order valence-corrected chi connectivity index (χ4v) is 2.62. The SMILES string of the molecule is Cc1ccc(NC(=O)CSc2nncs2)c(N)c1. The van der Waals surface area contributed by atoms with E-state index in [0.717, 1.165) is 9.90 Å². The minimum absolute atomic E-state index is 0.106.